The van der Waals surface area contributed by atoms with Crippen LogP contribution >= 0.6 is 0 Å². The Labute approximate surface area is 128 Å². The zero-order chi connectivity index (χ0) is 17.3. The molecule has 1 heterocycles. The van der Waals surface area contributed by atoms with E-state index in [9.17, 15) is 26.4 Å². The van der Waals surface area contributed by atoms with Gasteiger partial charge in [-0.3, -0.25) is 0 Å². The van der Waals surface area contributed by atoms with Gasteiger partial charge in [-0.15, -0.1) is 0 Å². The normalized spacial score (nSPS) is 12.0. The first-order valence-corrected chi connectivity index (χ1v) is 7.38. The number of carbonyl (C=O) groups excluding carboxylic acids is 1. The second kappa shape index (κ2) is 5.91. The number of nitrogens with zero attached hydrogens (tertiary/aromatic N) is 1. The fourth-order valence-corrected chi connectivity index (χ4v) is 2.64. The van der Waals surface area contributed by atoms with E-state index in [1.165, 1.54) is 24.3 Å². The summed E-state index contributed by atoms with van der Waals surface area (Å²) in [7, 11) is -3.43. The van der Waals surface area contributed by atoms with Crippen LogP contribution in [0.2, 0.25) is 0 Å². The Morgan fingerprint density at radius 3 is 2.39 bits per heavy atom. The van der Waals surface area contributed by atoms with Gasteiger partial charge in [-0.05, 0) is 12.1 Å². The summed E-state index contributed by atoms with van der Waals surface area (Å²) in [6.07, 6.45) is -5.02. The molecule has 0 fully saturated rings. The molecule has 124 valence electrons. The lowest BCUT2D eigenvalue weighted by Gasteiger charge is -2.07. The second-order valence-corrected chi connectivity index (χ2v) is 5.83. The highest BCUT2D eigenvalue weighted by Crippen LogP contribution is 2.35. The summed E-state index contributed by atoms with van der Waals surface area (Å²) >= 11 is 0. The quantitative estimate of drug-likeness (QED) is 0.850. The Balaban J connectivity index is 2.49. The molecular formula is C12H9F3N2O5S. The molecular weight excluding hydrogens is 341 g/mol. The zero-order valence-corrected chi connectivity index (χ0v) is 12.2. The van der Waals surface area contributed by atoms with Crippen molar-refractivity contribution in [2.24, 2.45) is 0 Å². The van der Waals surface area contributed by atoms with Crippen LogP contribution in [0.15, 0.2) is 39.8 Å². The molecule has 23 heavy (non-hydrogen) atoms. The van der Waals surface area contributed by atoms with E-state index in [1.54, 1.807) is 10.8 Å². The molecule has 0 bridgehead atoms. The molecule has 2 rings (SSSR count). The number of alkyl halides is 3. The van der Waals surface area contributed by atoms with E-state index in [0.717, 1.165) is 7.11 Å². The van der Waals surface area contributed by atoms with Crippen LogP contribution in [0.3, 0.4) is 0 Å². The van der Waals surface area contributed by atoms with Gasteiger partial charge in [-0.1, -0.05) is 23.4 Å². The number of carbonyl (C=O) groups is 1. The second-order valence-electron chi connectivity index (χ2n) is 4.14. The van der Waals surface area contributed by atoms with E-state index in [0.29, 0.717) is 0 Å². The van der Waals surface area contributed by atoms with Crippen molar-refractivity contribution in [3.63, 3.8) is 0 Å². The van der Waals surface area contributed by atoms with Crippen LogP contribution < -0.4 is 4.72 Å². The molecule has 0 aliphatic rings. The van der Waals surface area contributed by atoms with Crippen molar-refractivity contribution in [2.45, 2.75) is 11.1 Å². The van der Waals surface area contributed by atoms with Gasteiger partial charge in [-0.25, -0.2) is 17.9 Å². The maximum Gasteiger partial charge on any atom is 0.437 e. The number of halogens is 3. The summed E-state index contributed by atoms with van der Waals surface area (Å²) < 4.78 is 72.9. The Bertz CT molecular complexity index is 815. The van der Waals surface area contributed by atoms with Gasteiger partial charge in [-0.2, -0.15) is 13.2 Å². The van der Waals surface area contributed by atoms with Crippen LogP contribution in [-0.4, -0.2) is 26.7 Å². The maximum atomic E-state index is 12.8. The third kappa shape index (κ3) is 3.44. The average Bonchev–Trinajstić information content (AvgIpc) is 2.90. The Morgan fingerprint density at radius 2 is 1.87 bits per heavy atom. The standard InChI is InChI=1S/C12H9F3N2O5S/c1-21-11(18)8-9(12(13,14)15)16-22-10(8)17-23(19,20)7-5-3-2-4-6-7/h2-6,17H,1H3. The number of benzene rings is 1. The molecule has 1 N–H and O–H groups in total. The van der Waals surface area contributed by atoms with Crippen molar-refractivity contribution < 1.29 is 35.6 Å². The fraction of sp³-hybridized carbons (Fsp3) is 0.167. The summed E-state index contributed by atoms with van der Waals surface area (Å²) in [4.78, 5) is 11.3. The number of methoxy groups -OCH3 is 1. The lowest BCUT2D eigenvalue weighted by atomic mass is 10.2. The summed E-state index contributed by atoms with van der Waals surface area (Å²) in [5.41, 5.74) is -2.84. The van der Waals surface area contributed by atoms with Gasteiger partial charge in [0.05, 0.1) is 12.0 Å². The molecule has 11 heteroatoms. The first kappa shape index (κ1) is 16.8. The van der Waals surface area contributed by atoms with Crippen LogP contribution in [-0.2, 0) is 20.9 Å². The van der Waals surface area contributed by atoms with Crippen LogP contribution in [0.5, 0.6) is 0 Å². The van der Waals surface area contributed by atoms with Gasteiger partial charge >= 0.3 is 12.1 Å². The molecule has 0 amide bonds. The van der Waals surface area contributed by atoms with E-state index in [-0.39, 0.29) is 4.90 Å². The van der Waals surface area contributed by atoms with Gasteiger partial charge in [0.25, 0.3) is 15.9 Å². The maximum absolute atomic E-state index is 12.8. The number of anilines is 1. The molecule has 0 saturated carbocycles. The van der Waals surface area contributed by atoms with E-state index in [4.69, 9.17) is 0 Å². The first-order chi connectivity index (χ1) is 10.7. The van der Waals surface area contributed by atoms with Crippen molar-refractivity contribution in [1.82, 2.24) is 5.16 Å². The zero-order valence-electron chi connectivity index (χ0n) is 11.4. The molecule has 0 radical (unpaired) electrons. The smallest absolute Gasteiger partial charge is 0.437 e. The van der Waals surface area contributed by atoms with Crippen molar-refractivity contribution in [3.8, 4) is 0 Å². The number of nitrogens with one attached hydrogen (secondary N) is 1. The minimum Gasteiger partial charge on any atom is -0.465 e. The Hall–Kier alpha value is -2.56. The number of hydrogen-bond donors (Lipinski definition) is 1. The molecule has 0 saturated heterocycles. The van der Waals surface area contributed by atoms with Gasteiger partial charge < -0.3 is 9.26 Å². The van der Waals surface area contributed by atoms with Crippen molar-refractivity contribution >= 4 is 21.9 Å². The molecule has 7 nitrogen and oxygen atoms in total. The van der Waals surface area contributed by atoms with E-state index >= 15 is 0 Å². The minimum atomic E-state index is -5.02. The predicted molar refractivity (Wildman–Crippen MR) is 70.1 cm³/mol. The van der Waals surface area contributed by atoms with E-state index in [1.807, 2.05) is 0 Å². The van der Waals surface area contributed by atoms with Crippen molar-refractivity contribution in [3.05, 3.63) is 41.6 Å². The van der Waals surface area contributed by atoms with E-state index in [2.05, 4.69) is 14.4 Å². The van der Waals surface area contributed by atoms with E-state index < -0.39 is 39.3 Å². The SMILES string of the molecule is COC(=O)c1c(C(F)(F)F)noc1NS(=O)(=O)c1ccccc1. The average molecular weight is 350 g/mol. The number of ether oxygens (including phenoxy) is 1. The van der Waals surface area contributed by atoms with Crippen LogP contribution in [0.1, 0.15) is 16.1 Å². The third-order valence-electron chi connectivity index (χ3n) is 2.63. The highest BCUT2D eigenvalue weighted by molar-refractivity contribution is 7.92. The highest BCUT2D eigenvalue weighted by Gasteiger charge is 2.43. The third-order valence-corrected chi connectivity index (χ3v) is 3.98. The van der Waals surface area contributed by atoms with Crippen LogP contribution in [0.25, 0.3) is 0 Å². The fourth-order valence-electron chi connectivity index (χ4n) is 1.63. The van der Waals surface area contributed by atoms with Crippen molar-refractivity contribution in [1.29, 1.82) is 0 Å². The molecule has 0 spiro atoms. The molecule has 2 aromatic rings. The van der Waals surface area contributed by atoms with Crippen LogP contribution in [0.4, 0.5) is 19.1 Å². The van der Waals surface area contributed by atoms with Gasteiger partial charge in [0.1, 0.15) is 0 Å². The number of rotatable bonds is 4. The largest absolute Gasteiger partial charge is 0.465 e. The molecule has 0 aliphatic heterocycles. The van der Waals surface area contributed by atoms with Crippen molar-refractivity contribution in [2.75, 3.05) is 11.8 Å². The first-order valence-electron chi connectivity index (χ1n) is 5.90. The lowest BCUT2D eigenvalue weighted by Crippen LogP contribution is -2.17. The molecule has 1 aromatic heterocycles. The van der Waals surface area contributed by atoms with Gasteiger partial charge in [0.2, 0.25) is 5.69 Å². The summed E-state index contributed by atoms with van der Waals surface area (Å²) in [5, 5.41) is 2.71. The number of sulfonamides is 1. The molecule has 0 unspecified atom stereocenters. The van der Waals surface area contributed by atoms with Gasteiger partial charge in [0, 0.05) is 0 Å². The topological polar surface area (TPSA) is 98.5 Å². The van der Waals surface area contributed by atoms with Gasteiger partial charge in [0.15, 0.2) is 5.56 Å². The summed E-state index contributed by atoms with van der Waals surface area (Å²) in [6.45, 7) is 0. The number of esters is 1. The molecule has 0 aliphatic carbocycles. The molecule has 0 atom stereocenters. The lowest BCUT2D eigenvalue weighted by molar-refractivity contribution is -0.143. The molecule has 1 aromatic carbocycles. The summed E-state index contributed by atoms with van der Waals surface area (Å²) in [5.74, 6) is -2.42. The Morgan fingerprint density at radius 1 is 1.26 bits per heavy atom. The summed E-state index contributed by atoms with van der Waals surface area (Å²) in [6, 6.07) is 6.80. The van der Waals surface area contributed by atoms with Crippen LogP contribution in [0, 0.1) is 0 Å². The minimum absolute atomic E-state index is 0.235. The number of aromatic nitrogens is 1. The predicted octanol–water partition coefficient (Wildman–Crippen LogP) is 2.28. The Kier molecular flexibility index (Phi) is 4.32. The number of hydrogen-bond acceptors (Lipinski definition) is 6. The monoisotopic (exact) mass is 350 g/mol. The highest BCUT2D eigenvalue weighted by atomic mass is 32.2.